The summed E-state index contributed by atoms with van der Waals surface area (Å²) < 4.78 is 74.4. The van der Waals surface area contributed by atoms with Crippen molar-refractivity contribution in [3.05, 3.63) is 65.8 Å². The molecule has 3 rings (SSSR count). The normalized spacial score (nSPS) is 12.3. The number of halogens is 3. The number of aromatic nitrogens is 2. The van der Waals surface area contributed by atoms with Gasteiger partial charge in [0.25, 0.3) is 10.0 Å². The van der Waals surface area contributed by atoms with Crippen molar-refractivity contribution in [2.24, 2.45) is 0 Å². The van der Waals surface area contributed by atoms with E-state index >= 15 is 0 Å². The van der Waals surface area contributed by atoms with Gasteiger partial charge in [-0.05, 0) is 35.9 Å². The second kappa shape index (κ2) is 7.95. The summed E-state index contributed by atoms with van der Waals surface area (Å²) in [5.41, 5.74) is 0.675. The first-order valence-corrected chi connectivity index (χ1v) is 9.52. The SMILES string of the molecule is COc1ccccc1NS(=O)(=O)c1cccc(/C=C/c2noc(C(F)(F)F)n2)c1. The Kier molecular flexibility index (Phi) is 5.59. The Balaban J connectivity index is 1.82. The lowest BCUT2D eigenvalue weighted by molar-refractivity contribution is -0.159. The van der Waals surface area contributed by atoms with Crippen molar-refractivity contribution in [3.8, 4) is 5.75 Å². The molecule has 0 atom stereocenters. The molecule has 0 saturated carbocycles. The largest absolute Gasteiger partial charge is 0.495 e. The summed E-state index contributed by atoms with van der Waals surface area (Å²) in [7, 11) is -2.51. The summed E-state index contributed by atoms with van der Waals surface area (Å²) >= 11 is 0. The number of hydrogen-bond donors (Lipinski definition) is 1. The number of alkyl halides is 3. The maximum Gasteiger partial charge on any atom is 0.471 e. The topological polar surface area (TPSA) is 94.3 Å². The van der Waals surface area contributed by atoms with Gasteiger partial charge in [-0.2, -0.15) is 18.2 Å². The van der Waals surface area contributed by atoms with E-state index in [0.29, 0.717) is 11.3 Å². The van der Waals surface area contributed by atoms with Gasteiger partial charge in [-0.3, -0.25) is 4.72 Å². The predicted molar refractivity (Wildman–Crippen MR) is 98.5 cm³/mol. The molecular weight excluding hydrogens is 411 g/mol. The fourth-order valence-corrected chi connectivity index (χ4v) is 3.43. The van der Waals surface area contributed by atoms with E-state index in [4.69, 9.17) is 4.74 Å². The lowest BCUT2D eigenvalue weighted by atomic mass is 10.2. The number of methoxy groups -OCH3 is 1. The van der Waals surface area contributed by atoms with Crippen LogP contribution < -0.4 is 9.46 Å². The monoisotopic (exact) mass is 425 g/mol. The Labute approximate surface area is 163 Å². The number of rotatable bonds is 6. The third kappa shape index (κ3) is 4.93. The lowest BCUT2D eigenvalue weighted by Gasteiger charge is -2.11. The van der Waals surface area contributed by atoms with Gasteiger partial charge in [0, 0.05) is 0 Å². The van der Waals surface area contributed by atoms with Crippen molar-refractivity contribution >= 4 is 27.9 Å². The van der Waals surface area contributed by atoms with E-state index in [-0.39, 0.29) is 16.4 Å². The van der Waals surface area contributed by atoms with Crippen LogP contribution in [0.2, 0.25) is 0 Å². The Bertz CT molecular complexity index is 1140. The lowest BCUT2D eigenvalue weighted by Crippen LogP contribution is -2.13. The Morgan fingerprint density at radius 2 is 1.86 bits per heavy atom. The van der Waals surface area contributed by atoms with Crippen molar-refractivity contribution in [1.29, 1.82) is 0 Å². The molecule has 11 heteroatoms. The molecule has 0 amide bonds. The number of para-hydroxylation sites is 2. The summed E-state index contributed by atoms with van der Waals surface area (Å²) in [4.78, 5) is 3.16. The number of nitrogens with zero attached hydrogens (tertiary/aromatic N) is 2. The molecule has 1 N–H and O–H groups in total. The van der Waals surface area contributed by atoms with Gasteiger partial charge in [0.15, 0.2) is 5.82 Å². The van der Waals surface area contributed by atoms with Crippen molar-refractivity contribution in [2.45, 2.75) is 11.1 Å². The molecule has 1 heterocycles. The van der Waals surface area contributed by atoms with Crippen LogP contribution in [0.15, 0.2) is 57.9 Å². The van der Waals surface area contributed by atoms with Crippen LogP contribution >= 0.6 is 0 Å². The van der Waals surface area contributed by atoms with E-state index in [2.05, 4.69) is 19.4 Å². The Morgan fingerprint density at radius 3 is 2.55 bits per heavy atom. The second-order valence-electron chi connectivity index (χ2n) is 5.67. The number of ether oxygens (including phenoxy) is 1. The molecule has 0 aliphatic heterocycles. The highest BCUT2D eigenvalue weighted by Gasteiger charge is 2.38. The summed E-state index contributed by atoms with van der Waals surface area (Å²) in [6.45, 7) is 0. The zero-order valence-corrected chi connectivity index (χ0v) is 15.7. The Morgan fingerprint density at radius 1 is 1.10 bits per heavy atom. The number of benzene rings is 2. The van der Waals surface area contributed by atoms with E-state index in [1.54, 1.807) is 30.3 Å². The number of nitrogens with one attached hydrogen (secondary N) is 1. The van der Waals surface area contributed by atoms with E-state index in [1.165, 1.54) is 37.5 Å². The standard InChI is InChI=1S/C18H14F3N3O4S/c1-27-15-8-3-2-7-14(15)24-29(25,26)13-6-4-5-12(11-13)9-10-16-22-17(28-23-16)18(19,20)21/h2-11,24H,1H3/b10-9+. The molecule has 7 nitrogen and oxygen atoms in total. The molecule has 0 aliphatic rings. The Hall–Kier alpha value is -3.34. The van der Waals surface area contributed by atoms with Crippen LogP contribution in [0.25, 0.3) is 12.2 Å². The third-order valence-corrected chi connectivity index (χ3v) is 4.99. The van der Waals surface area contributed by atoms with Crippen molar-refractivity contribution in [3.63, 3.8) is 0 Å². The molecule has 0 saturated heterocycles. The number of anilines is 1. The van der Waals surface area contributed by atoms with E-state index in [0.717, 1.165) is 0 Å². The average Bonchev–Trinajstić information content (AvgIpc) is 3.16. The van der Waals surface area contributed by atoms with Crippen LogP contribution in [-0.2, 0) is 16.2 Å². The highest BCUT2D eigenvalue weighted by molar-refractivity contribution is 7.92. The van der Waals surface area contributed by atoms with E-state index in [9.17, 15) is 21.6 Å². The third-order valence-electron chi connectivity index (χ3n) is 3.63. The van der Waals surface area contributed by atoms with Gasteiger partial charge in [0.1, 0.15) is 5.75 Å². The van der Waals surface area contributed by atoms with Crippen molar-refractivity contribution < 1.29 is 30.8 Å². The molecular formula is C18H14F3N3O4S. The second-order valence-corrected chi connectivity index (χ2v) is 7.35. The molecule has 0 bridgehead atoms. The van der Waals surface area contributed by atoms with Crippen LogP contribution in [-0.4, -0.2) is 25.7 Å². The van der Waals surface area contributed by atoms with E-state index in [1.807, 2.05) is 0 Å². The van der Waals surface area contributed by atoms with E-state index < -0.39 is 22.1 Å². The summed E-state index contributed by atoms with van der Waals surface area (Å²) in [6, 6.07) is 12.3. The zero-order chi connectivity index (χ0) is 21.1. The average molecular weight is 425 g/mol. The maximum absolute atomic E-state index is 12.7. The quantitative estimate of drug-likeness (QED) is 0.640. The van der Waals surface area contributed by atoms with Gasteiger partial charge >= 0.3 is 12.1 Å². The van der Waals surface area contributed by atoms with Crippen LogP contribution in [0.1, 0.15) is 17.3 Å². The summed E-state index contributed by atoms with van der Waals surface area (Å²) in [5.74, 6) is -1.41. The van der Waals surface area contributed by atoms with Crippen molar-refractivity contribution in [2.75, 3.05) is 11.8 Å². The molecule has 2 aromatic carbocycles. The van der Waals surface area contributed by atoms with Gasteiger partial charge < -0.3 is 9.26 Å². The molecule has 29 heavy (non-hydrogen) atoms. The van der Waals surface area contributed by atoms with Crippen LogP contribution in [0.4, 0.5) is 18.9 Å². The molecule has 0 unspecified atom stereocenters. The van der Waals surface area contributed by atoms with Crippen molar-refractivity contribution in [1.82, 2.24) is 10.1 Å². The molecule has 0 aliphatic carbocycles. The highest BCUT2D eigenvalue weighted by atomic mass is 32.2. The molecule has 152 valence electrons. The maximum atomic E-state index is 12.7. The molecule has 0 radical (unpaired) electrons. The molecule has 1 aromatic heterocycles. The predicted octanol–water partition coefficient (Wildman–Crippen LogP) is 4.07. The van der Waals surface area contributed by atoms with Crippen LogP contribution in [0.5, 0.6) is 5.75 Å². The van der Waals surface area contributed by atoms with Gasteiger partial charge in [-0.1, -0.05) is 35.5 Å². The minimum atomic E-state index is -4.74. The minimum absolute atomic E-state index is 0.0466. The molecule has 0 spiro atoms. The van der Waals surface area contributed by atoms with Gasteiger partial charge in [0.05, 0.1) is 17.7 Å². The first kappa shape index (κ1) is 20.4. The summed E-state index contributed by atoms with van der Waals surface area (Å²) in [6.07, 6.45) is -2.19. The number of hydrogen-bond acceptors (Lipinski definition) is 6. The number of sulfonamides is 1. The van der Waals surface area contributed by atoms with Crippen LogP contribution in [0, 0.1) is 0 Å². The molecule has 3 aromatic rings. The fraction of sp³-hybridized carbons (Fsp3) is 0.111. The van der Waals surface area contributed by atoms with Gasteiger partial charge in [0.2, 0.25) is 0 Å². The van der Waals surface area contributed by atoms with Gasteiger partial charge in [-0.15, -0.1) is 0 Å². The summed E-state index contributed by atoms with van der Waals surface area (Å²) in [5, 5.41) is 3.21. The van der Waals surface area contributed by atoms with Crippen LogP contribution in [0.3, 0.4) is 0 Å². The first-order chi connectivity index (χ1) is 13.7. The van der Waals surface area contributed by atoms with Gasteiger partial charge in [-0.25, -0.2) is 8.42 Å². The fourth-order valence-electron chi connectivity index (χ4n) is 2.31. The minimum Gasteiger partial charge on any atom is -0.495 e. The zero-order valence-electron chi connectivity index (χ0n) is 14.8. The first-order valence-electron chi connectivity index (χ1n) is 8.04. The smallest absolute Gasteiger partial charge is 0.471 e. The molecule has 0 fully saturated rings. The highest BCUT2D eigenvalue weighted by Crippen LogP contribution is 2.28.